The van der Waals surface area contributed by atoms with Gasteiger partial charge in [0.1, 0.15) is 0 Å². The molecule has 7 nitrogen and oxygen atoms in total. The molecular weight excluding hydrogens is 332 g/mol. The Hall–Kier alpha value is -2.70. The van der Waals surface area contributed by atoms with Gasteiger partial charge in [0.15, 0.2) is 5.82 Å². The third kappa shape index (κ3) is 3.92. The molecule has 7 heteroatoms. The molecule has 0 N–H and O–H groups in total. The number of hydrogen-bond acceptors (Lipinski definition) is 5. The molecule has 1 aliphatic heterocycles. The Morgan fingerprint density at radius 2 is 1.96 bits per heavy atom. The maximum Gasteiger partial charge on any atom is 0.257 e. The van der Waals surface area contributed by atoms with E-state index in [0.717, 1.165) is 5.56 Å². The number of benzene rings is 1. The Morgan fingerprint density at radius 3 is 2.62 bits per heavy atom. The molecule has 3 rings (SSSR count). The lowest BCUT2D eigenvalue weighted by molar-refractivity contribution is -0.144. The number of aromatic nitrogens is 2. The molecule has 0 bridgehead atoms. The van der Waals surface area contributed by atoms with Gasteiger partial charge in [-0.25, -0.2) is 0 Å². The fraction of sp³-hybridized carbons (Fsp3) is 0.474. The van der Waals surface area contributed by atoms with Gasteiger partial charge >= 0.3 is 0 Å². The first-order valence-electron chi connectivity index (χ1n) is 8.92. The summed E-state index contributed by atoms with van der Waals surface area (Å²) in [5, 5.41) is 3.91. The first-order chi connectivity index (χ1) is 12.5. The molecule has 2 amide bonds. The molecule has 1 aliphatic rings. The Balaban J connectivity index is 1.60. The average molecular weight is 356 g/mol. The topological polar surface area (TPSA) is 79.5 Å². The summed E-state index contributed by atoms with van der Waals surface area (Å²) in [5.74, 6) is 0.843. The highest BCUT2D eigenvalue weighted by molar-refractivity contribution is 5.80. The second kappa shape index (κ2) is 7.68. The van der Waals surface area contributed by atoms with E-state index in [9.17, 15) is 9.59 Å². The average Bonchev–Trinajstić information content (AvgIpc) is 3.10. The molecule has 26 heavy (non-hydrogen) atoms. The Bertz CT molecular complexity index is 772. The van der Waals surface area contributed by atoms with E-state index in [0.29, 0.717) is 31.3 Å². The van der Waals surface area contributed by atoms with Crippen LogP contribution in [0, 0.1) is 5.92 Å². The highest BCUT2D eigenvalue weighted by Crippen LogP contribution is 2.17. The van der Waals surface area contributed by atoms with Crippen LogP contribution in [0.2, 0.25) is 0 Å². The van der Waals surface area contributed by atoms with E-state index in [4.69, 9.17) is 4.52 Å². The van der Waals surface area contributed by atoms with E-state index in [1.807, 2.05) is 56.0 Å². The zero-order chi connectivity index (χ0) is 18.7. The Kier molecular flexibility index (Phi) is 5.35. The van der Waals surface area contributed by atoms with Gasteiger partial charge in [0.2, 0.25) is 11.8 Å². The van der Waals surface area contributed by atoms with Crippen LogP contribution in [0.15, 0.2) is 34.9 Å². The van der Waals surface area contributed by atoms with Crippen LogP contribution in [0.1, 0.15) is 26.6 Å². The third-order valence-corrected chi connectivity index (χ3v) is 4.56. The maximum absolute atomic E-state index is 12.6. The summed E-state index contributed by atoms with van der Waals surface area (Å²) >= 11 is 0. The molecule has 2 heterocycles. The van der Waals surface area contributed by atoms with Crippen LogP contribution in [-0.2, 0) is 16.0 Å². The van der Waals surface area contributed by atoms with Crippen LogP contribution in [0.4, 0.5) is 0 Å². The van der Waals surface area contributed by atoms with Crippen molar-refractivity contribution in [2.45, 2.75) is 33.2 Å². The zero-order valence-corrected chi connectivity index (χ0v) is 15.4. The number of nitrogens with zero attached hydrogens (tertiary/aromatic N) is 4. The summed E-state index contributed by atoms with van der Waals surface area (Å²) in [6.45, 7) is 7.39. The van der Waals surface area contributed by atoms with Gasteiger partial charge in [0.25, 0.3) is 5.89 Å². The second-order valence-corrected chi connectivity index (χ2v) is 6.93. The fourth-order valence-corrected chi connectivity index (χ4v) is 3.11. The quantitative estimate of drug-likeness (QED) is 0.837. The summed E-state index contributed by atoms with van der Waals surface area (Å²) in [6.07, 6.45) is 0.0984. The summed E-state index contributed by atoms with van der Waals surface area (Å²) < 4.78 is 5.25. The number of hydrogen-bond donors (Lipinski definition) is 0. The molecule has 0 saturated carbocycles. The molecule has 138 valence electrons. The fourth-order valence-electron chi connectivity index (χ4n) is 3.11. The van der Waals surface area contributed by atoms with Crippen molar-refractivity contribution in [3.8, 4) is 11.5 Å². The number of carbonyl (C=O) groups is 2. The lowest BCUT2D eigenvalue weighted by Crippen LogP contribution is -2.56. The number of piperazine rings is 1. The van der Waals surface area contributed by atoms with Crippen LogP contribution in [0.5, 0.6) is 0 Å². The van der Waals surface area contributed by atoms with E-state index in [1.165, 1.54) is 0 Å². The van der Waals surface area contributed by atoms with Crippen LogP contribution >= 0.6 is 0 Å². The molecule has 1 saturated heterocycles. The minimum Gasteiger partial charge on any atom is -0.338 e. The monoisotopic (exact) mass is 356 g/mol. The van der Waals surface area contributed by atoms with Gasteiger partial charge in [-0.1, -0.05) is 37.2 Å². The van der Waals surface area contributed by atoms with E-state index < -0.39 is 0 Å². The van der Waals surface area contributed by atoms with Crippen molar-refractivity contribution < 1.29 is 14.1 Å². The largest absolute Gasteiger partial charge is 0.338 e. The number of amides is 2. The van der Waals surface area contributed by atoms with Crippen LogP contribution in [0.25, 0.3) is 11.5 Å². The van der Waals surface area contributed by atoms with Gasteiger partial charge in [-0.2, -0.15) is 4.98 Å². The summed E-state index contributed by atoms with van der Waals surface area (Å²) in [7, 11) is 0. The van der Waals surface area contributed by atoms with Gasteiger partial charge in [-0.3, -0.25) is 9.59 Å². The second-order valence-electron chi connectivity index (χ2n) is 6.93. The van der Waals surface area contributed by atoms with Gasteiger partial charge in [0, 0.05) is 37.2 Å². The van der Waals surface area contributed by atoms with Crippen LogP contribution in [0.3, 0.4) is 0 Å². The molecule has 1 fully saturated rings. The molecule has 0 radical (unpaired) electrons. The van der Waals surface area contributed by atoms with Gasteiger partial charge in [-0.05, 0) is 19.1 Å². The first-order valence-corrected chi connectivity index (χ1v) is 8.92. The minimum atomic E-state index is -0.0473. The maximum atomic E-state index is 12.6. The molecule has 0 spiro atoms. The van der Waals surface area contributed by atoms with Crippen molar-refractivity contribution in [3.05, 3.63) is 36.2 Å². The van der Waals surface area contributed by atoms with Crippen LogP contribution in [-0.4, -0.2) is 57.4 Å². The lowest BCUT2D eigenvalue weighted by atomic mass is 10.1. The number of rotatable bonds is 4. The first kappa shape index (κ1) is 18.1. The Labute approximate surface area is 153 Å². The normalized spacial score (nSPS) is 17.6. The van der Waals surface area contributed by atoms with E-state index in [-0.39, 0.29) is 30.2 Å². The van der Waals surface area contributed by atoms with E-state index >= 15 is 0 Å². The van der Waals surface area contributed by atoms with E-state index in [2.05, 4.69) is 10.1 Å². The number of carbonyl (C=O) groups excluding carboxylic acids is 2. The SMILES string of the molecule is CC(C)C(=O)N1CCN(C(=O)Cc2noc(-c3ccccc3)n2)C[C@H]1C. The van der Waals surface area contributed by atoms with Gasteiger partial charge < -0.3 is 14.3 Å². The van der Waals surface area contributed by atoms with Gasteiger partial charge in [0.05, 0.1) is 6.42 Å². The van der Waals surface area contributed by atoms with Crippen molar-refractivity contribution >= 4 is 11.8 Å². The van der Waals surface area contributed by atoms with Crippen LogP contribution < -0.4 is 0 Å². The minimum absolute atomic E-state index is 0.00717. The predicted octanol–water partition coefficient (Wildman–Crippen LogP) is 1.99. The molecule has 2 aromatic rings. The van der Waals surface area contributed by atoms with Crippen molar-refractivity contribution in [1.82, 2.24) is 19.9 Å². The van der Waals surface area contributed by atoms with Crippen molar-refractivity contribution in [2.24, 2.45) is 5.92 Å². The zero-order valence-electron chi connectivity index (χ0n) is 15.4. The molecule has 1 atom stereocenters. The highest BCUT2D eigenvalue weighted by Gasteiger charge is 2.31. The van der Waals surface area contributed by atoms with E-state index in [1.54, 1.807) is 4.90 Å². The smallest absolute Gasteiger partial charge is 0.257 e. The summed E-state index contributed by atoms with van der Waals surface area (Å²) in [5.41, 5.74) is 0.827. The lowest BCUT2D eigenvalue weighted by Gasteiger charge is -2.40. The molecule has 1 aromatic carbocycles. The summed E-state index contributed by atoms with van der Waals surface area (Å²) in [4.78, 5) is 32.7. The highest BCUT2D eigenvalue weighted by atomic mass is 16.5. The molecule has 0 aliphatic carbocycles. The van der Waals surface area contributed by atoms with Gasteiger partial charge in [-0.15, -0.1) is 0 Å². The summed E-state index contributed by atoms with van der Waals surface area (Å²) in [6, 6.07) is 9.47. The van der Waals surface area contributed by atoms with Crippen molar-refractivity contribution in [1.29, 1.82) is 0 Å². The predicted molar refractivity (Wildman–Crippen MR) is 96.0 cm³/mol. The van der Waals surface area contributed by atoms with Crippen molar-refractivity contribution in [3.63, 3.8) is 0 Å². The molecule has 1 aromatic heterocycles. The Morgan fingerprint density at radius 1 is 1.23 bits per heavy atom. The van der Waals surface area contributed by atoms with Crippen molar-refractivity contribution in [2.75, 3.05) is 19.6 Å². The standard InChI is InChI=1S/C19H24N4O3/c1-13(2)19(25)23-10-9-22(12-14(23)3)17(24)11-16-20-18(26-21-16)15-7-5-4-6-8-15/h4-8,13-14H,9-12H2,1-3H3/t14-/m1/s1. The molecule has 0 unspecified atom stereocenters. The third-order valence-electron chi connectivity index (χ3n) is 4.56. The molecular formula is C19H24N4O3.